The molecule has 3 heterocycles. The molecule has 0 aliphatic carbocycles. The summed E-state index contributed by atoms with van der Waals surface area (Å²) in [5, 5.41) is 2.69. The number of fused-ring (bicyclic) bond motifs is 1. The lowest BCUT2D eigenvalue weighted by atomic mass is 10.1. The Kier molecular flexibility index (Phi) is 5.11. The van der Waals surface area contributed by atoms with E-state index in [1.165, 1.54) is 4.90 Å². The van der Waals surface area contributed by atoms with Gasteiger partial charge in [-0.05, 0) is 24.1 Å². The largest absolute Gasteiger partial charge is 0.454 e. The molecule has 0 aromatic heterocycles. The van der Waals surface area contributed by atoms with Crippen molar-refractivity contribution in [2.45, 2.75) is 25.4 Å². The number of urea groups is 1. The Bertz CT molecular complexity index is 765. The van der Waals surface area contributed by atoms with Gasteiger partial charge in [-0.1, -0.05) is 6.07 Å². The Morgan fingerprint density at radius 2 is 1.96 bits per heavy atom. The average molecular weight is 391 g/mol. The molecule has 0 unspecified atom stereocenters. The molecule has 2 fully saturated rings. The molecule has 1 atom stereocenters. The van der Waals surface area contributed by atoms with E-state index in [0.29, 0.717) is 17.9 Å². The van der Waals surface area contributed by atoms with Gasteiger partial charge in [0.05, 0.1) is 6.54 Å². The van der Waals surface area contributed by atoms with Gasteiger partial charge in [0.2, 0.25) is 12.7 Å². The molecule has 8 nitrogen and oxygen atoms in total. The maximum atomic E-state index is 12.6. The molecule has 1 aromatic carbocycles. The minimum atomic E-state index is -0.644. The summed E-state index contributed by atoms with van der Waals surface area (Å²) in [7, 11) is 0. The summed E-state index contributed by atoms with van der Waals surface area (Å²) >= 11 is 1.84. The molecule has 4 amide bonds. The first-order valence-electron chi connectivity index (χ1n) is 8.98. The SMILES string of the molecule is O=C(CC[C@@H]1NC(=O)N(Cc2ccc3c(c2)OCO3)C1=O)N1CCSCC1. The zero-order valence-electron chi connectivity index (χ0n) is 14.8. The molecule has 0 saturated carbocycles. The fourth-order valence-electron chi connectivity index (χ4n) is 3.38. The van der Waals surface area contributed by atoms with Crippen molar-refractivity contribution in [1.29, 1.82) is 0 Å². The summed E-state index contributed by atoms with van der Waals surface area (Å²) in [5.74, 6) is 2.93. The van der Waals surface area contributed by atoms with E-state index in [1.54, 1.807) is 18.2 Å². The van der Waals surface area contributed by atoms with Crippen LogP contribution < -0.4 is 14.8 Å². The number of imide groups is 1. The van der Waals surface area contributed by atoms with Gasteiger partial charge >= 0.3 is 6.03 Å². The molecule has 1 aromatic rings. The Morgan fingerprint density at radius 3 is 2.78 bits per heavy atom. The van der Waals surface area contributed by atoms with Gasteiger partial charge in [0.1, 0.15) is 6.04 Å². The van der Waals surface area contributed by atoms with Crippen molar-refractivity contribution >= 4 is 29.6 Å². The quantitative estimate of drug-likeness (QED) is 0.759. The minimum Gasteiger partial charge on any atom is -0.454 e. The number of carbonyl (C=O) groups excluding carboxylic acids is 3. The summed E-state index contributed by atoms with van der Waals surface area (Å²) in [6.45, 7) is 1.85. The smallest absolute Gasteiger partial charge is 0.325 e. The molecule has 0 radical (unpaired) electrons. The molecule has 0 spiro atoms. The van der Waals surface area contributed by atoms with Gasteiger partial charge < -0.3 is 19.7 Å². The number of hydrogen-bond donors (Lipinski definition) is 1. The van der Waals surface area contributed by atoms with Crippen molar-refractivity contribution in [3.05, 3.63) is 23.8 Å². The first-order chi connectivity index (χ1) is 13.1. The van der Waals surface area contributed by atoms with E-state index in [1.807, 2.05) is 16.7 Å². The van der Waals surface area contributed by atoms with Gasteiger partial charge in [0, 0.05) is 31.0 Å². The lowest BCUT2D eigenvalue weighted by Crippen LogP contribution is -2.39. The summed E-state index contributed by atoms with van der Waals surface area (Å²) in [6.07, 6.45) is 0.587. The van der Waals surface area contributed by atoms with Crippen LogP contribution in [-0.4, -0.2) is 65.1 Å². The maximum Gasteiger partial charge on any atom is 0.325 e. The van der Waals surface area contributed by atoms with Crippen molar-refractivity contribution in [1.82, 2.24) is 15.1 Å². The first-order valence-corrected chi connectivity index (χ1v) is 10.1. The lowest BCUT2D eigenvalue weighted by Gasteiger charge is -2.26. The summed E-state index contributed by atoms with van der Waals surface area (Å²) in [4.78, 5) is 40.1. The minimum absolute atomic E-state index is 0.0477. The van der Waals surface area contributed by atoms with E-state index in [0.717, 1.165) is 30.2 Å². The predicted octanol–water partition coefficient (Wildman–Crippen LogP) is 1.19. The third-order valence-corrected chi connectivity index (χ3v) is 5.84. The normalized spacial score (nSPS) is 21.6. The summed E-state index contributed by atoms with van der Waals surface area (Å²) < 4.78 is 10.6. The van der Waals surface area contributed by atoms with Gasteiger partial charge in [-0.15, -0.1) is 0 Å². The van der Waals surface area contributed by atoms with Crippen LogP contribution in [0.3, 0.4) is 0 Å². The Hall–Kier alpha value is -2.42. The van der Waals surface area contributed by atoms with E-state index in [2.05, 4.69) is 5.32 Å². The highest BCUT2D eigenvalue weighted by Crippen LogP contribution is 2.33. The number of amides is 4. The van der Waals surface area contributed by atoms with E-state index >= 15 is 0 Å². The van der Waals surface area contributed by atoms with Crippen LogP contribution in [0.15, 0.2) is 18.2 Å². The van der Waals surface area contributed by atoms with Crippen LogP contribution in [0.2, 0.25) is 0 Å². The van der Waals surface area contributed by atoms with Gasteiger partial charge in [-0.25, -0.2) is 4.79 Å². The number of nitrogens with one attached hydrogen (secondary N) is 1. The number of benzene rings is 1. The number of thioether (sulfide) groups is 1. The van der Waals surface area contributed by atoms with Gasteiger partial charge in [-0.3, -0.25) is 14.5 Å². The fraction of sp³-hybridized carbons (Fsp3) is 0.500. The van der Waals surface area contributed by atoms with Crippen molar-refractivity contribution in [3.63, 3.8) is 0 Å². The van der Waals surface area contributed by atoms with Crippen molar-refractivity contribution in [3.8, 4) is 11.5 Å². The fourth-order valence-corrected chi connectivity index (χ4v) is 4.29. The zero-order chi connectivity index (χ0) is 18.8. The molecule has 3 aliphatic heterocycles. The molecular weight excluding hydrogens is 370 g/mol. The second kappa shape index (κ2) is 7.67. The van der Waals surface area contributed by atoms with Crippen LogP contribution in [0, 0.1) is 0 Å². The Balaban J connectivity index is 1.33. The lowest BCUT2D eigenvalue weighted by molar-refractivity contribution is -0.131. The second-order valence-electron chi connectivity index (χ2n) is 6.65. The van der Waals surface area contributed by atoms with Crippen LogP contribution in [0.5, 0.6) is 11.5 Å². The third-order valence-electron chi connectivity index (χ3n) is 4.90. The van der Waals surface area contributed by atoms with Gasteiger partial charge in [-0.2, -0.15) is 11.8 Å². The molecular formula is C18H21N3O5S. The molecule has 3 aliphatic rings. The molecule has 1 N–H and O–H groups in total. The van der Waals surface area contributed by atoms with Crippen LogP contribution in [-0.2, 0) is 16.1 Å². The van der Waals surface area contributed by atoms with Crippen molar-refractivity contribution < 1.29 is 23.9 Å². The molecule has 4 rings (SSSR count). The molecule has 2 saturated heterocycles. The van der Waals surface area contributed by atoms with E-state index < -0.39 is 12.1 Å². The summed E-state index contributed by atoms with van der Waals surface area (Å²) in [6, 6.07) is 4.27. The van der Waals surface area contributed by atoms with Gasteiger partial charge in [0.15, 0.2) is 11.5 Å². The molecule has 9 heteroatoms. The standard InChI is InChI=1S/C18H21N3O5S/c22-16(20-5-7-27-8-6-20)4-2-13-17(23)21(18(24)19-13)10-12-1-3-14-15(9-12)26-11-25-14/h1,3,9,13H,2,4-8,10-11H2,(H,19,24)/t13-/m0/s1. The highest BCUT2D eigenvalue weighted by Gasteiger charge is 2.38. The topological polar surface area (TPSA) is 88.2 Å². The monoisotopic (exact) mass is 391 g/mol. The van der Waals surface area contributed by atoms with Crippen molar-refractivity contribution in [2.75, 3.05) is 31.4 Å². The highest BCUT2D eigenvalue weighted by molar-refractivity contribution is 7.99. The number of carbonyl (C=O) groups is 3. The number of rotatable bonds is 5. The van der Waals surface area contributed by atoms with E-state index in [9.17, 15) is 14.4 Å². The Labute approximate surface area is 161 Å². The zero-order valence-corrected chi connectivity index (χ0v) is 15.6. The van der Waals surface area contributed by atoms with Crippen LogP contribution >= 0.6 is 11.8 Å². The average Bonchev–Trinajstić information content (AvgIpc) is 3.26. The first kappa shape index (κ1) is 18.0. The van der Waals surface area contributed by atoms with E-state index in [-0.39, 0.29) is 31.6 Å². The van der Waals surface area contributed by atoms with Crippen molar-refractivity contribution in [2.24, 2.45) is 0 Å². The van der Waals surface area contributed by atoms with Crippen LogP contribution in [0.25, 0.3) is 0 Å². The van der Waals surface area contributed by atoms with Crippen LogP contribution in [0.4, 0.5) is 4.79 Å². The maximum absolute atomic E-state index is 12.6. The second-order valence-corrected chi connectivity index (χ2v) is 7.87. The number of nitrogens with zero attached hydrogens (tertiary/aromatic N) is 2. The highest BCUT2D eigenvalue weighted by atomic mass is 32.2. The van der Waals surface area contributed by atoms with Crippen LogP contribution in [0.1, 0.15) is 18.4 Å². The Morgan fingerprint density at radius 1 is 1.19 bits per heavy atom. The number of ether oxygens (including phenoxy) is 2. The molecule has 144 valence electrons. The van der Waals surface area contributed by atoms with Gasteiger partial charge in [0.25, 0.3) is 5.91 Å². The summed E-state index contributed by atoms with van der Waals surface area (Å²) in [5.41, 5.74) is 0.783. The number of hydrogen-bond acceptors (Lipinski definition) is 6. The third kappa shape index (κ3) is 3.83. The van der Waals surface area contributed by atoms with E-state index in [4.69, 9.17) is 9.47 Å². The molecule has 27 heavy (non-hydrogen) atoms. The molecule has 0 bridgehead atoms. The predicted molar refractivity (Wildman–Crippen MR) is 98.6 cm³/mol.